The van der Waals surface area contributed by atoms with Crippen LogP contribution in [0.3, 0.4) is 0 Å². The van der Waals surface area contributed by atoms with Crippen molar-refractivity contribution in [2.45, 2.75) is 38.0 Å². The molecule has 1 aromatic carbocycles. The molecule has 0 saturated carbocycles. The van der Waals surface area contributed by atoms with Gasteiger partial charge in [0.15, 0.2) is 10.9 Å². The number of rotatable bonds is 9. The molecule has 1 amide bonds. The minimum absolute atomic E-state index is 0.0569. The third kappa shape index (κ3) is 5.80. The smallest absolute Gasteiger partial charge is 0.231 e. The summed E-state index contributed by atoms with van der Waals surface area (Å²) in [5.74, 6) is 0.743. The van der Waals surface area contributed by atoms with Crippen LogP contribution in [0, 0.1) is 0 Å². The summed E-state index contributed by atoms with van der Waals surface area (Å²) >= 11 is 1.33. The Hall–Kier alpha value is -2.39. The first-order valence-electron chi connectivity index (χ1n) is 9.81. The molecule has 1 aliphatic heterocycles. The van der Waals surface area contributed by atoms with E-state index in [9.17, 15) is 9.59 Å². The topological polar surface area (TPSA) is 89.3 Å². The van der Waals surface area contributed by atoms with Gasteiger partial charge >= 0.3 is 0 Å². The number of thioether (sulfide) groups is 1. The fraction of sp³-hybridized carbons (Fsp3) is 0.500. The van der Waals surface area contributed by atoms with Crippen LogP contribution >= 0.6 is 11.8 Å². The van der Waals surface area contributed by atoms with Crippen molar-refractivity contribution in [3.63, 3.8) is 0 Å². The lowest BCUT2D eigenvalue weighted by molar-refractivity contribution is -0.125. The first kappa shape index (κ1) is 21.3. The zero-order chi connectivity index (χ0) is 20.6. The summed E-state index contributed by atoms with van der Waals surface area (Å²) in [7, 11) is 0. The second-order valence-electron chi connectivity index (χ2n) is 6.84. The molecular weight excluding hydrogens is 390 g/mol. The Kier molecular flexibility index (Phi) is 7.65. The van der Waals surface area contributed by atoms with Gasteiger partial charge in [0.25, 0.3) is 0 Å². The Morgan fingerprint density at radius 2 is 1.93 bits per heavy atom. The Balaban J connectivity index is 1.58. The van der Waals surface area contributed by atoms with Crippen LogP contribution in [-0.2, 0) is 27.3 Å². The van der Waals surface area contributed by atoms with Gasteiger partial charge in [-0.3, -0.25) is 14.2 Å². The third-order valence-corrected chi connectivity index (χ3v) is 5.72. The van der Waals surface area contributed by atoms with Crippen LogP contribution in [0.1, 0.15) is 19.4 Å². The minimum atomic E-state index is -0.529. The highest BCUT2D eigenvalue weighted by atomic mass is 32.2. The van der Waals surface area contributed by atoms with E-state index in [2.05, 4.69) is 20.4 Å². The zero-order valence-corrected chi connectivity index (χ0v) is 17.7. The van der Waals surface area contributed by atoms with E-state index in [1.807, 2.05) is 41.8 Å². The molecule has 156 valence electrons. The molecule has 8 nitrogen and oxygen atoms in total. The average molecular weight is 418 g/mol. The molecule has 0 bridgehead atoms. The normalized spacial score (nSPS) is 15.2. The predicted octanol–water partition coefficient (Wildman–Crippen LogP) is 1.54. The molecule has 1 fully saturated rings. The predicted molar refractivity (Wildman–Crippen MR) is 112 cm³/mol. The van der Waals surface area contributed by atoms with E-state index >= 15 is 0 Å². The van der Waals surface area contributed by atoms with Gasteiger partial charge in [0, 0.05) is 19.6 Å². The molecule has 1 aliphatic rings. The maximum Gasteiger partial charge on any atom is 0.231 e. The second kappa shape index (κ2) is 10.4. The van der Waals surface area contributed by atoms with Crippen LogP contribution in [0.15, 0.2) is 35.5 Å². The second-order valence-corrected chi connectivity index (χ2v) is 7.78. The molecule has 2 aromatic rings. The van der Waals surface area contributed by atoms with Gasteiger partial charge in [-0.05, 0) is 25.8 Å². The number of Topliss-reactive ketones (excluding diaryl/α,β-unsaturated/α-hetero) is 1. The van der Waals surface area contributed by atoms with E-state index in [1.165, 1.54) is 18.7 Å². The molecule has 1 saturated heterocycles. The first-order valence-corrected chi connectivity index (χ1v) is 10.8. The molecule has 0 spiro atoms. The Morgan fingerprint density at radius 3 is 2.59 bits per heavy atom. The number of benzene rings is 1. The van der Waals surface area contributed by atoms with Gasteiger partial charge in [-0.25, -0.2) is 0 Å². The van der Waals surface area contributed by atoms with Gasteiger partial charge in [0.1, 0.15) is 0 Å². The third-order valence-electron chi connectivity index (χ3n) is 4.75. The molecule has 2 heterocycles. The van der Waals surface area contributed by atoms with Gasteiger partial charge in [-0.2, -0.15) is 0 Å². The lowest BCUT2D eigenvalue weighted by atomic mass is 10.0. The van der Waals surface area contributed by atoms with Crippen molar-refractivity contribution < 1.29 is 14.3 Å². The average Bonchev–Trinajstić information content (AvgIpc) is 3.16. The van der Waals surface area contributed by atoms with Crippen molar-refractivity contribution in [2.24, 2.45) is 0 Å². The van der Waals surface area contributed by atoms with Crippen LogP contribution in [-0.4, -0.2) is 64.6 Å². The number of nitrogens with zero attached hydrogens (tertiary/aromatic N) is 4. The van der Waals surface area contributed by atoms with Gasteiger partial charge in [0.05, 0.1) is 25.0 Å². The summed E-state index contributed by atoms with van der Waals surface area (Å²) in [4.78, 5) is 26.6. The van der Waals surface area contributed by atoms with E-state index in [4.69, 9.17) is 4.74 Å². The van der Waals surface area contributed by atoms with E-state index in [1.54, 1.807) is 0 Å². The number of carbonyl (C=O) groups is 2. The molecule has 0 aliphatic carbocycles. The fourth-order valence-electron chi connectivity index (χ4n) is 3.17. The molecule has 9 heteroatoms. The van der Waals surface area contributed by atoms with Crippen molar-refractivity contribution in [2.75, 3.05) is 37.0 Å². The van der Waals surface area contributed by atoms with E-state index < -0.39 is 6.04 Å². The summed E-state index contributed by atoms with van der Waals surface area (Å²) < 4.78 is 7.40. The summed E-state index contributed by atoms with van der Waals surface area (Å²) in [5, 5.41) is 12.1. The number of carbonyl (C=O) groups excluding carboxylic acids is 2. The number of nitrogens with one attached hydrogen (secondary N) is 1. The lowest BCUT2D eigenvalue weighted by Gasteiger charge is -2.27. The summed E-state index contributed by atoms with van der Waals surface area (Å²) in [6, 6.07) is 9.15. The SMILES string of the molecule is CCn1c(SCC(=O)N[C@@H](Cc2ccccc2)C(C)=O)nnc1N1CCOCC1. The number of anilines is 1. The van der Waals surface area contributed by atoms with Gasteiger partial charge in [-0.1, -0.05) is 42.1 Å². The standard InChI is InChI=1S/C20H27N5O3S/c1-3-25-19(24-9-11-28-12-10-24)22-23-20(25)29-14-18(27)21-17(15(2)26)13-16-7-5-4-6-8-16/h4-8,17H,3,9-14H2,1-2H3,(H,21,27)/t17-/m0/s1. The molecule has 3 rings (SSSR count). The first-order chi connectivity index (χ1) is 14.1. The van der Waals surface area contributed by atoms with Crippen molar-refractivity contribution in [3.05, 3.63) is 35.9 Å². The van der Waals surface area contributed by atoms with Crippen molar-refractivity contribution in [1.29, 1.82) is 0 Å². The largest absolute Gasteiger partial charge is 0.378 e. The molecule has 29 heavy (non-hydrogen) atoms. The maximum absolute atomic E-state index is 12.5. The zero-order valence-electron chi connectivity index (χ0n) is 16.8. The lowest BCUT2D eigenvalue weighted by Crippen LogP contribution is -2.42. The van der Waals surface area contributed by atoms with Crippen molar-refractivity contribution >= 4 is 29.4 Å². The molecule has 1 N–H and O–H groups in total. The number of ether oxygens (including phenoxy) is 1. The highest BCUT2D eigenvalue weighted by Crippen LogP contribution is 2.22. The number of ketones is 1. The minimum Gasteiger partial charge on any atom is -0.378 e. The Morgan fingerprint density at radius 1 is 1.21 bits per heavy atom. The highest BCUT2D eigenvalue weighted by molar-refractivity contribution is 7.99. The van der Waals surface area contributed by atoms with E-state index in [-0.39, 0.29) is 17.4 Å². The number of morpholine rings is 1. The van der Waals surface area contributed by atoms with Gasteiger partial charge in [0.2, 0.25) is 11.9 Å². The monoisotopic (exact) mass is 417 g/mol. The van der Waals surface area contributed by atoms with Crippen LogP contribution < -0.4 is 10.2 Å². The van der Waals surface area contributed by atoms with Crippen molar-refractivity contribution in [3.8, 4) is 0 Å². The van der Waals surface area contributed by atoms with E-state index in [0.717, 1.165) is 24.6 Å². The molecular formula is C20H27N5O3S. The maximum atomic E-state index is 12.5. The van der Waals surface area contributed by atoms with Gasteiger partial charge in [-0.15, -0.1) is 10.2 Å². The number of hydrogen-bond donors (Lipinski definition) is 1. The fourth-order valence-corrected chi connectivity index (χ4v) is 3.98. The summed E-state index contributed by atoms with van der Waals surface area (Å²) in [6.45, 7) is 7.16. The molecule has 0 unspecified atom stereocenters. The molecule has 1 aromatic heterocycles. The number of hydrogen-bond acceptors (Lipinski definition) is 7. The summed E-state index contributed by atoms with van der Waals surface area (Å²) in [6.07, 6.45) is 0.485. The van der Waals surface area contributed by atoms with Crippen LogP contribution in [0.2, 0.25) is 0 Å². The highest BCUT2D eigenvalue weighted by Gasteiger charge is 2.22. The molecule has 0 radical (unpaired) electrons. The van der Waals surface area contributed by atoms with Crippen LogP contribution in [0.4, 0.5) is 5.95 Å². The van der Waals surface area contributed by atoms with Crippen LogP contribution in [0.5, 0.6) is 0 Å². The van der Waals surface area contributed by atoms with Crippen molar-refractivity contribution in [1.82, 2.24) is 20.1 Å². The summed E-state index contributed by atoms with van der Waals surface area (Å²) in [5.41, 5.74) is 1.02. The Bertz CT molecular complexity index is 821. The molecule has 1 atom stereocenters. The number of aromatic nitrogens is 3. The van der Waals surface area contributed by atoms with E-state index in [0.29, 0.717) is 31.3 Å². The van der Waals surface area contributed by atoms with Crippen LogP contribution in [0.25, 0.3) is 0 Å². The quantitative estimate of drug-likeness (QED) is 0.619. The number of amides is 1. The van der Waals surface area contributed by atoms with Gasteiger partial charge < -0.3 is 15.0 Å². The Labute approximate surface area is 175 Å².